The molecule has 0 saturated carbocycles. The molecule has 0 heterocycles. The lowest BCUT2D eigenvalue weighted by Gasteiger charge is -2.06. The van der Waals surface area contributed by atoms with Crippen molar-refractivity contribution in [2.45, 2.75) is 6.61 Å². The van der Waals surface area contributed by atoms with Crippen LogP contribution in [0, 0.1) is 0 Å². The first kappa shape index (κ1) is 9.74. The average Bonchev–Trinajstić information content (AvgIpc) is 2.31. The normalized spacial score (nSPS) is 10.2. The van der Waals surface area contributed by atoms with Gasteiger partial charge in [-0.15, -0.1) is 0 Å². The van der Waals surface area contributed by atoms with Crippen LogP contribution in [0.1, 0.15) is 5.56 Å². The maximum Gasteiger partial charge on any atom is 0.123 e. The summed E-state index contributed by atoms with van der Waals surface area (Å²) >= 11 is 0. The fraction of sp³-hybridized carbons (Fsp3) is 0.0769. The number of hydrogen-bond donors (Lipinski definition) is 2. The maximum atomic E-state index is 9.70. The van der Waals surface area contributed by atoms with Crippen molar-refractivity contribution in [2.24, 2.45) is 0 Å². The molecule has 0 aliphatic carbocycles. The zero-order chi connectivity index (χ0) is 10.7. The van der Waals surface area contributed by atoms with Gasteiger partial charge in [-0.3, -0.25) is 0 Å². The van der Waals surface area contributed by atoms with Crippen molar-refractivity contribution in [2.75, 3.05) is 0 Å². The summed E-state index contributed by atoms with van der Waals surface area (Å²) in [5.74, 6) is 0.235. The molecule has 76 valence electrons. The SMILES string of the molecule is OCc1ccc(O)c(-c2ccccc2)c1. The molecule has 2 N–H and O–H groups in total. The van der Waals surface area contributed by atoms with Crippen LogP contribution in [0.2, 0.25) is 0 Å². The fourth-order valence-electron chi connectivity index (χ4n) is 1.53. The summed E-state index contributed by atoms with van der Waals surface area (Å²) in [7, 11) is 0. The Balaban J connectivity index is 2.52. The first-order valence-corrected chi connectivity index (χ1v) is 4.79. The topological polar surface area (TPSA) is 40.5 Å². The van der Waals surface area contributed by atoms with Crippen LogP contribution in [0.5, 0.6) is 5.75 Å². The van der Waals surface area contributed by atoms with Crippen LogP contribution >= 0.6 is 0 Å². The third-order valence-electron chi connectivity index (χ3n) is 2.33. The summed E-state index contributed by atoms with van der Waals surface area (Å²) in [4.78, 5) is 0. The third kappa shape index (κ3) is 2.00. The van der Waals surface area contributed by atoms with Crippen LogP contribution < -0.4 is 0 Å². The van der Waals surface area contributed by atoms with Gasteiger partial charge in [-0.25, -0.2) is 0 Å². The molecule has 2 aromatic carbocycles. The number of rotatable bonds is 2. The smallest absolute Gasteiger partial charge is 0.123 e. The molecule has 0 atom stereocenters. The molecule has 15 heavy (non-hydrogen) atoms. The fourth-order valence-corrected chi connectivity index (χ4v) is 1.53. The van der Waals surface area contributed by atoms with Gasteiger partial charge in [0, 0.05) is 5.56 Å². The van der Waals surface area contributed by atoms with E-state index >= 15 is 0 Å². The van der Waals surface area contributed by atoms with Gasteiger partial charge in [-0.2, -0.15) is 0 Å². The van der Waals surface area contributed by atoms with E-state index in [0.29, 0.717) is 0 Å². The Morgan fingerprint density at radius 2 is 1.67 bits per heavy atom. The second-order valence-corrected chi connectivity index (χ2v) is 3.38. The highest BCUT2D eigenvalue weighted by atomic mass is 16.3. The average molecular weight is 200 g/mol. The van der Waals surface area contributed by atoms with Crippen LogP contribution in [-0.4, -0.2) is 10.2 Å². The molecule has 0 fully saturated rings. The molecule has 0 aromatic heterocycles. The number of phenols is 1. The molecule has 0 saturated heterocycles. The molecule has 0 bridgehead atoms. The second-order valence-electron chi connectivity index (χ2n) is 3.38. The first-order chi connectivity index (χ1) is 7.31. The summed E-state index contributed by atoms with van der Waals surface area (Å²) in [5.41, 5.74) is 2.50. The summed E-state index contributed by atoms with van der Waals surface area (Å²) in [6.07, 6.45) is 0. The summed E-state index contributed by atoms with van der Waals surface area (Å²) < 4.78 is 0. The molecule has 2 rings (SSSR count). The Kier molecular flexibility index (Phi) is 2.70. The molecule has 0 amide bonds. The Labute approximate surface area is 88.4 Å². The molecule has 0 radical (unpaired) electrons. The largest absolute Gasteiger partial charge is 0.507 e. The zero-order valence-electron chi connectivity index (χ0n) is 8.22. The standard InChI is InChI=1S/C13H12O2/c14-9-10-6-7-13(15)12(8-10)11-4-2-1-3-5-11/h1-8,14-15H,9H2. The molecule has 0 aliphatic rings. The molecular formula is C13H12O2. The van der Waals surface area contributed by atoms with E-state index in [-0.39, 0.29) is 12.4 Å². The molecule has 0 aliphatic heterocycles. The van der Waals surface area contributed by atoms with E-state index in [1.165, 1.54) is 0 Å². The number of hydrogen-bond acceptors (Lipinski definition) is 2. The van der Waals surface area contributed by atoms with Gasteiger partial charge in [0.15, 0.2) is 0 Å². The van der Waals surface area contributed by atoms with Gasteiger partial charge in [0.25, 0.3) is 0 Å². The lowest BCUT2D eigenvalue weighted by atomic mass is 10.0. The summed E-state index contributed by atoms with van der Waals surface area (Å²) in [5, 5.41) is 18.7. The molecule has 0 unspecified atom stereocenters. The molecule has 2 heteroatoms. The van der Waals surface area contributed by atoms with Crippen molar-refractivity contribution in [3.8, 4) is 16.9 Å². The minimum Gasteiger partial charge on any atom is -0.507 e. The maximum absolute atomic E-state index is 9.70. The number of aliphatic hydroxyl groups excluding tert-OH is 1. The van der Waals surface area contributed by atoms with Crippen molar-refractivity contribution in [3.63, 3.8) is 0 Å². The molecule has 2 nitrogen and oxygen atoms in total. The highest BCUT2D eigenvalue weighted by molar-refractivity contribution is 5.70. The van der Waals surface area contributed by atoms with E-state index in [2.05, 4.69) is 0 Å². The predicted molar refractivity (Wildman–Crippen MR) is 59.5 cm³/mol. The number of aromatic hydroxyl groups is 1. The van der Waals surface area contributed by atoms with Crippen molar-refractivity contribution in [3.05, 3.63) is 54.1 Å². The van der Waals surface area contributed by atoms with Gasteiger partial charge in [0.1, 0.15) is 5.75 Å². The van der Waals surface area contributed by atoms with Gasteiger partial charge in [0.05, 0.1) is 6.61 Å². The van der Waals surface area contributed by atoms with Gasteiger partial charge in [-0.1, -0.05) is 36.4 Å². The highest BCUT2D eigenvalue weighted by Crippen LogP contribution is 2.29. The Hall–Kier alpha value is -1.80. The number of phenolic OH excluding ortho intramolecular Hbond substituents is 1. The minimum absolute atomic E-state index is 0.0138. The van der Waals surface area contributed by atoms with Gasteiger partial charge < -0.3 is 10.2 Å². The minimum atomic E-state index is -0.0138. The van der Waals surface area contributed by atoms with E-state index in [9.17, 15) is 5.11 Å². The summed E-state index contributed by atoms with van der Waals surface area (Å²) in [6.45, 7) is -0.0138. The van der Waals surface area contributed by atoms with E-state index in [1.807, 2.05) is 30.3 Å². The Morgan fingerprint density at radius 1 is 0.933 bits per heavy atom. The third-order valence-corrected chi connectivity index (χ3v) is 2.33. The van der Waals surface area contributed by atoms with E-state index in [4.69, 9.17) is 5.11 Å². The van der Waals surface area contributed by atoms with Gasteiger partial charge in [0.2, 0.25) is 0 Å². The van der Waals surface area contributed by atoms with Crippen LogP contribution in [0.3, 0.4) is 0 Å². The Bertz CT molecular complexity index is 449. The predicted octanol–water partition coefficient (Wildman–Crippen LogP) is 2.55. The van der Waals surface area contributed by atoms with Gasteiger partial charge in [-0.05, 0) is 23.3 Å². The number of benzene rings is 2. The molecule has 2 aromatic rings. The Morgan fingerprint density at radius 3 is 2.33 bits per heavy atom. The first-order valence-electron chi connectivity index (χ1n) is 4.79. The van der Waals surface area contributed by atoms with E-state index < -0.39 is 0 Å². The van der Waals surface area contributed by atoms with Crippen molar-refractivity contribution < 1.29 is 10.2 Å². The lowest BCUT2D eigenvalue weighted by Crippen LogP contribution is -1.85. The van der Waals surface area contributed by atoms with E-state index in [1.54, 1.807) is 18.2 Å². The van der Waals surface area contributed by atoms with E-state index in [0.717, 1.165) is 16.7 Å². The molecule has 0 spiro atoms. The van der Waals surface area contributed by atoms with Crippen molar-refractivity contribution >= 4 is 0 Å². The number of aliphatic hydroxyl groups is 1. The zero-order valence-corrected chi connectivity index (χ0v) is 8.22. The van der Waals surface area contributed by atoms with Gasteiger partial charge >= 0.3 is 0 Å². The summed E-state index contributed by atoms with van der Waals surface area (Å²) in [6, 6.07) is 14.7. The van der Waals surface area contributed by atoms with Crippen LogP contribution in [0.4, 0.5) is 0 Å². The quantitative estimate of drug-likeness (QED) is 0.782. The second kappa shape index (κ2) is 4.15. The lowest BCUT2D eigenvalue weighted by molar-refractivity contribution is 0.282. The highest BCUT2D eigenvalue weighted by Gasteiger charge is 2.04. The van der Waals surface area contributed by atoms with Crippen LogP contribution in [-0.2, 0) is 6.61 Å². The monoisotopic (exact) mass is 200 g/mol. The molecular weight excluding hydrogens is 188 g/mol. The van der Waals surface area contributed by atoms with Crippen LogP contribution in [0.25, 0.3) is 11.1 Å². The van der Waals surface area contributed by atoms with Crippen LogP contribution in [0.15, 0.2) is 48.5 Å². The van der Waals surface area contributed by atoms with Crippen molar-refractivity contribution in [1.29, 1.82) is 0 Å². The van der Waals surface area contributed by atoms with Crippen molar-refractivity contribution in [1.82, 2.24) is 0 Å².